The van der Waals surface area contributed by atoms with Gasteiger partial charge < -0.3 is 15.2 Å². The van der Waals surface area contributed by atoms with Gasteiger partial charge in [-0.1, -0.05) is 13.8 Å². The predicted octanol–water partition coefficient (Wildman–Crippen LogP) is 1.41. The molecule has 1 saturated heterocycles. The Balaban J connectivity index is 1.89. The van der Waals surface area contributed by atoms with Crippen molar-refractivity contribution in [2.75, 3.05) is 13.1 Å². The van der Waals surface area contributed by atoms with E-state index in [1.54, 1.807) is 12.5 Å². The van der Waals surface area contributed by atoms with Crippen molar-refractivity contribution in [1.82, 2.24) is 20.2 Å². The molecule has 1 aromatic rings. The first-order chi connectivity index (χ1) is 9.50. The van der Waals surface area contributed by atoms with E-state index in [9.17, 15) is 4.79 Å². The fraction of sp³-hybridized carbons (Fsp3) is 0.733. The van der Waals surface area contributed by atoms with Crippen molar-refractivity contribution in [1.29, 1.82) is 0 Å². The quantitative estimate of drug-likeness (QED) is 0.856. The van der Waals surface area contributed by atoms with Crippen molar-refractivity contribution in [2.24, 2.45) is 11.3 Å². The lowest BCUT2D eigenvalue weighted by Gasteiger charge is -2.36. The molecule has 1 fully saturated rings. The van der Waals surface area contributed by atoms with Gasteiger partial charge in [0.15, 0.2) is 0 Å². The molecule has 1 aliphatic rings. The largest absolute Gasteiger partial charge is 0.351 e. The Morgan fingerprint density at radius 2 is 2.40 bits per heavy atom. The summed E-state index contributed by atoms with van der Waals surface area (Å²) >= 11 is 0. The van der Waals surface area contributed by atoms with E-state index in [1.165, 1.54) is 0 Å². The van der Waals surface area contributed by atoms with Crippen LogP contribution in [0.1, 0.15) is 33.6 Å². The Hall–Kier alpha value is -1.36. The highest BCUT2D eigenvalue weighted by atomic mass is 16.2. The number of nitrogens with one attached hydrogen (secondary N) is 2. The zero-order valence-electron chi connectivity index (χ0n) is 12.7. The summed E-state index contributed by atoms with van der Waals surface area (Å²) in [7, 11) is 0. The summed E-state index contributed by atoms with van der Waals surface area (Å²) in [5.74, 6) is 0.565. The lowest BCUT2D eigenvalue weighted by atomic mass is 9.74. The maximum atomic E-state index is 12.5. The highest BCUT2D eigenvalue weighted by Crippen LogP contribution is 2.32. The number of piperidine rings is 1. The van der Waals surface area contributed by atoms with Crippen molar-refractivity contribution in [3.05, 3.63) is 18.7 Å². The standard InChI is InChI=1S/C15H26N4O/c1-12(10-19-8-7-17-11-19)18-14(20)15(2,3)13-5-4-6-16-9-13/h7-8,11-13,16H,4-6,9-10H2,1-3H3,(H,18,20). The maximum absolute atomic E-state index is 12.5. The number of hydrogen-bond acceptors (Lipinski definition) is 3. The molecule has 20 heavy (non-hydrogen) atoms. The SMILES string of the molecule is CC(Cn1ccnc1)NC(=O)C(C)(C)C1CCCNC1. The second kappa shape index (κ2) is 6.39. The van der Waals surface area contributed by atoms with Gasteiger partial charge in [0.2, 0.25) is 5.91 Å². The molecule has 2 atom stereocenters. The van der Waals surface area contributed by atoms with Crippen LogP contribution >= 0.6 is 0 Å². The highest BCUT2D eigenvalue weighted by Gasteiger charge is 2.37. The molecule has 0 radical (unpaired) electrons. The molecule has 5 nitrogen and oxygen atoms in total. The average molecular weight is 278 g/mol. The van der Waals surface area contributed by atoms with Gasteiger partial charge in [-0.3, -0.25) is 4.79 Å². The molecule has 0 spiro atoms. The van der Waals surface area contributed by atoms with Crippen LogP contribution in [0.15, 0.2) is 18.7 Å². The summed E-state index contributed by atoms with van der Waals surface area (Å²) in [5, 5.41) is 6.53. The molecular weight excluding hydrogens is 252 g/mol. The van der Waals surface area contributed by atoms with Gasteiger partial charge >= 0.3 is 0 Å². The minimum atomic E-state index is -0.323. The van der Waals surface area contributed by atoms with E-state index in [2.05, 4.69) is 29.5 Å². The van der Waals surface area contributed by atoms with Gasteiger partial charge in [-0.15, -0.1) is 0 Å². The summed E-state index contributed by atoms with van der Waals surface area (Å²) in [6, 6.07) is 0.104. The molecule has 1 aromatic heterocycles. The number of hydrogen-bond donors (Lipinski definition) is 2. The maximum Gasteiger partial charge on any atom is 0.226 e. The molecule has 0 saturated carbocycles. The zero-order chi connectivity index (χ0) is 14.6. The summed E-state index contributed by atoms with van der Waals surface area (Å²) in [6.07, 6.45) is 7.74. The van der Waals surface area contributed by atoms with Crippen molar-refractivity contribution in [2.45, 2.75) is 46.2 Å². The number of carbonyl (C=O) groups excluding carboxylic acids is 1. The number of carbonyl (C=O) groups is 1. The smallest absolute Gasteiger partial charge is 0.226 e. The molecule has 1 amide bonds. The van der Waals surface area contributed by atoms with Crippen LogP contribution in [-0.2, 0) is 11.3 Å². The van der Waals surface area contributed by atoms with Crippen molar-refractivity contribution < 1.29 is 4.79 Å². The van der Waals surface area contributed by atoms with Gasteiger partial charge in [-0.2, -0.15) is 0 Å². The zero-order valence-corrected chi connectivity index (χ0v) is 12.7. The molecule has 2 N–H and O–H groups in total. The Kier molecular flexibility index (Phi) is 4.81. The van der Waals surface area contributed by atoms with E-state index in [0.29, 0.717) is 5.92 Å². The molecule has 0 bridgehead atoms. The van der Waals surface area contributed by atoms with E-state index in [4.69, 9.17) is 0 Å². The monoisotopic (exact) mass is 278 g/mol. The molecule has 0 aliphatic carbocycles. The van der Waals surface area contributed by atoms with Crippen molar-refractivity contribution in [3.8, 4) is 0 Å². The van der Waals surface area contributed by atoms with E-state index in [1.807, 2.05) is 17.7 Å². The minimum absolute atomic E-state index is 0.104. The Morgan fingerprint density at radius 1 is 1.60 bits per heavy atom. The van der Waals surface area contributed by atoms with Crippen LogP contribution < -0.4 is 10.6 Å². The van der Waals surface area contributed by atoms with E-state index < -0.39 is 0 Å². The summed E-state index contributed by atoms with van der Waals surface area (Å²) in [4.78, 5) is 16.6. The molecule has 1 aliphatic heterocycles. The second-order valence-corrected chi connectivity index (χ2v) is 6.40. The fourth-order valence-electron chi connectivity index (χ4n) is 2.82. The third-order valence-corrected chi connectivity index (χ3v) is 4.32. The van der Waals surface area contributed by atoms with Gasteiger partial charge in [0.1, 0.15) is 0 Å². The second-order valence-electron chi connectivity index (χ2n) is 6.40. The van der Waals surface area contributed by atoms with Crippen LogP contribution in [0.4, 0.5) is 0 Å². The number of imidazole rings is 1. The summed E-state index contributed by atoms with van der Waals surface area (Å²) < 4.78 is 1.99. The highest BCUT2D eigenvalue weighted by molar-refractivity contribution is 5.82. The number of nitrogens with zero attached hydrogens (tertiary/aromatic N) is 2. The molecule has 2 heterocycles. The lowest BCUT2D eigenvalue weighted by molar-refractivity contribution is -0.133. The molecule has 112 valence electrons. The predicted molar refractivity (Wildman–Crippen MR) is 79.2 cm³/mol. The van der Waals surface area contributed by atoms with Gasteiger partial charge in [0, 0.05) is 30.4 Å². The van der Waals surface area contributed by atoms with Crippen LogP contribution in [0.3, 0.4) is 0 Å². The minimum Gasteiger partial charge on any atom is -0.351 e. The van der Waals surface area contributed by atoms with Crippen LogP contribution in [0.25, 0.3) is 0 Å². The third kappa shape index (κ3) is 3.60. The Labute approximate surface area is 121 Å². The number of aromatic nitrogens is 2. The first-order valence-electron chi connectivity index (χ1n) is 7.47. The molecule has 5 heteroatoms. The average Bonchev–Trinajstić information content (AvgIpc) is 2.92. The first kappa shape index (κ1) is 15.0. The van der Waals surface area contributed by atoms with Crippen LogP contribution in [0.2, 0.25) is 0 Å². The molecule has 2 rings (SSSR count). The third-order valence-electron chi connectivity index (χ3n) is 4.32. The van der Waals surface area contributed by atoms with Crippen LogP contribution in [0.5, 0.6) is 0 Å². The van der Waals surface area contributed by atoms with Gasteiger partial charge in [-0.05, 0) is 38.8 Å². The molecule has 2 unspecified atom stereocenters. The van der Waals surface area contributed by atoms with Crippen LogP contribution in [0, 0.1) is 11.3 Å². The molecular formula is C15H26N4O. The topological polar surface area (TPSA) is 59.0 Å². The van der Waals surface area contributed by atoms with Gasteiger partial charge in [-0.25, -0.2) is 4.98 Å². The Morgan fingerprint density at radius 3 is 3.00 bits per heavy atom. The molecule has 0 aromatic carbocycles. The fourth-order valence-corrected chi connectivity index (χ4v) is 2.82. The van der Waals surface area contributed by atoms with Crippen LogP contribution in [-0.4, -0.2) is 34.6 Å². The van der Waals surface area contributed by atoms with Crippen molar-refractivity contribution in [3.63, 3.8) is 0 Å². The Bertz CT molecular complexity index is 421. The normalized spacial score (nSPS) is 21.4. The summed E-state index contributed by atoms with van der Waals surface area (Å²) in [5.41, 5.74) is -0.323. The van der Waals surface area contributed by atoms with E-state index in [0.717, 1.165) is 32.5 Å². The first-order valence-corrected chi connectivity index (χ1v) is 7.47. The van der Waals surface area contributed by atoms with Gasteiger partial charge in [0.25, 0.3) is 0 Å². The van der Waals surface area contributed by atoms with Gasteiger partial charge in [0.05, 0.1) is 6.33 Å². The van der Waals surface area contributed by atoms with E-state index in [-0.39, 0.29) is 17.4 Å². The number of rotatable bonds is 5. The van der Waals surface area contributed by atoms with E-state index >= 15 is 0 Å². The number of amides is 1. The van der Waals surface area contributed by atoms with Crippen molar-refractivity contribution >= 4 is 5.91 Å². The summed E-state index contributed by atoms with van der Waals surface area (Å²) in [6.45, 7) is 8.92. The lowest BCUT2D eigenvalue weighted by Crippen LogP contribution is -2.50.